The molecule has 1 amide bonds. The Hall–Kier alpha value is -1.50. The maximum atomic E-state index is 12.6. The zero-order chi connectivity index (χ0) is 20.0. The molecule has 6 nitrogen and oxygen atoms in total. The Labute approximate surface area is 169 Å². The van der Waals surface area contributed by atoms with Gasteiger partial charge in [-0.1, -0.05) is 13.8 Å². The number of likely N-dealkylation sites (tertiary alicyclic amines) is 2. The topological polar surface area (TPSA) is 68.7 Å². The van der Waals surface area contributed by atoms with Gasteiger partial charge < -0.3 is 10.4 Å². The molecule has 6 heteroatoms. The molecule has 3 rings (SSSR count). The molecule has 28 heavy (non-hydrogen) atoms. The van der Waals surface area contributed by atoms with E-state index in [1.54, 1.807) is 0 Å². The van der Waals surface area contributed by atoms with Crippen LogP contribution in [0.5, 0.6) is 0 Å². The van der Waals surface area contributed by atoms with E-state index in [1.807, 2.05) is 26.2 Å². The lowest BCUT2D eigenvalue weighted by atomic mass is 9.91. The highest BCUT2D eigenvalue weighted by atomic mass is 16.3. The standard InChI is InChI=1S/C22H36N4O2/c1-22(2,17-27)16-24-21(28)19-4-3-11-26(15-19)20-7-12-25(13-8-20)14-18-5-9-23-10-6-18/h5-6,9-10,19-20,27H,3-4,7-8,11-17H2,1-2H3,(H,24,28)/t19-/m1/s1. The first-order chi connectivity index (χ1) is 13.5. The van der Waals surface area contributed by atoms with Crippen molar-refractivity contribution in [3.05, 3.63) is 30.1 Å². The molecule has 0 bridgehead atoms. The summed E-state index contributed by atoms with van der Waals surface area (Å²) in [5, 5.41) is 12.4. The van der Waals surface area contributed by atoms with Gasteiger partial charge in [-0.15, -0.1) is 0 Å². The van der Waals surface area contributed by atoms with E-state index in [1.165, 1.54) is 18.4 Å². The Morgan fingerprint density at radius 2 is 1.93 bits per heavy atom. The number of hydrogen-bond acceptors (Lipinski definition) is 5. The number of carbonyl (C=O) groups is 1. The van der Waals surface area contributed by atoms with Gasteiger partial charge in [-0.2, -0.15) is 0 Å². The molecule has 0 aliphatic carbocycles. The number of amides is 1. The quantitative estimate of drug-likeness (QED) is 0.747. The van der Waals surface area contributed by atoms with Gasteiger partial charge in [0, 0.05) is 50.1 Å². The van der Waals surface area contributed by atoms with Gasteiger partial charge in [-0.25, -0.2) is 0 Å². The molecular weight excluding hydrogens is 352 g/mol. The van der Waals surface area contributed by atoms with Crippen LogP contribution < -0.4 is 5.32 Å². The zero-order valence-electron chi connectivity index (χ0n) is 17.4. The van der Waals surface area contributed by atoms with Crippen LogP contribution in [0.2, 0.25) is 0 Å². The summed E-state index contributed by atoms with van der Waals surface area (Å²) in [7, 11) is 0. The summed E-state index contributed by atoms with van der Waals surface area (Å²) < 4.78 is 0. The maximum Gasteiger partial charge on any atom is 0.224 e. The third kappa shape index (κ3) is 6.00. The van der Waals surface area contributed by atoms with Crippen molar-refractivity contribution in [2.24, 2.45) is 11.3 Å². The second-order valence-electron chi connectivity index (χ2n) is 9.24. The van der Waals surface area contributed by atoms with E-state index in [-0.39, 0.29) is 23.8 Å². The van der Waals surface area contributed by atoms with Crippen molar-refractivity contribution < 1.29 is 9.90 Å². The summed E-state index contributed by atoms with van der Waals surface area (Å²) in [6, 6.07) is 4.79. The molecule has 0 unspecified atom stereocenters. The van der Waals surface area contributed by atoms with Crippen LogP contribution in [0.15, 0.2) is 24.5 Å². The van der Waals surface area contributed by atoms with Crippen LogP contribution in [-0.4, -0.2) is 71.2 Å². The van der Waals surface area contributed by atoms with Crippen molar-refractivity contribution in [3.8, 4) is 0 Å². The average molecular weight is 389 g/mol. The Morgan fingerprint density at radius 1 is 1.21 bits per heavy atom. The number of rotatable bonds is 7. The molecular formula is C22H36N4O2. The summed E-state index contributed by atoms with van der Waals surface area (Å²) in [4.78, 5) is 21.8. The summed E-state index contributed by atoms with van der Waals surface area (Å²) in [5.41, 5.74) is 1.07. The minimum Gasteiger partial charge on any atom is -0.396 e. The summed E-state index contributed by atoms with van der Waals surface area (Å²) in [6.07, 6.45) is 8.15. The largest absolute Gasteiger partial charge is 0.396 e. The summed E-state index contributed by atoms with van der Waals surface area (Å²) >= 11 is 0. The summed E-state index contributed by atoms with van der Waals surface area (Å²) in [5.74, 6) is 0.236. The highest BCUT2D eigenvalue weighted by molar-refractivity contribution is 5.79. The lowest BCUT2D eigenvalue weighted by Crippen LogP contribution is -2.51. The van der Waals surface area contributed by atoms with Gasteiger partial charge in [-0.3, -0.25) is 19.6 Å². The molecule has 1 aromatic heterocycles. The van der Waals surface area contributed by atoms with Crippen LogP contribution in [-0.2, 0) is 11.3 Å². The highest BCUT2D eigenvalue weighted by Gasteiger charge is 2.32. The molecule has 2 saturated heterocycles. The third-order valence-electron chi connectivity index (χ3n) is 6.22. The number of carbonyl (C=O) groups excluding carboxylic acids is 1. The number of aliphatic hydroxyl groups excluding tert-OH is 1. The van der Waals surface area contributed by atoms with E-state index in [9.17, 15) is 9.90 Å². The molecule has 3 heterocycles. The van der Waals surface area contributed by atoms with E-state index in [2.05, 4.69) is 32.2 Å². The normalized spacial score (nSPS) is 22.9. The van der Waals surface area contributed by atoms with E-state index >= 15 is 0 Å². The van der Waals surface area contributed by atoms with Crippen molar-refractivity contribution in [2.45, 2.75) is 52.1 Å². The number of aliphatic hydroxyl groups is 1. The van der Waals surface area contributed by atoms with Crippen molar-refractivity contribution in [2.75, 3.05) is 39.3 Å². The molecule has 2 aliphatic heterocycles. The van der Waals surface area contributed by atoms with Crippen molar-refractivity contribution >= 4 is 5.91 Å². The third-order valence-corrected chi connectivity index (χ3v) is 6.22. The molecule has 1 atom stereocenters. The second-order valence-corrected chi connectivity index (χ2v) is 9.24. The molecule has 2 N–H and O–H groups in total. The fraction of sp³-hybridized carbons (Fsp3) is 0.727. The molecule has 2 fully saturated rings. The Bertz CT molecular complexity index is 614. The van der Waals surface area contributed by atoms with Crippen molar-refractivity contribution in [3.63, 3.8) is 0 Å². The van der Waals surface area contributed by atoms with E-state index < -0.39 is 0 Å². The number of nitrogens with zero attached hydrogens (tertiary/aromatic N) is 3. The van der Waals surface area contributed by atoms with Crippen LogP contribution in [0.25, 0.3) is 0 Å². The minimum atomic E-state index is -0.258. The average Bonchev–Trinajstić information content (AvgIpc) is 2.73. The maximum absolute atomic E-state index is 12.6. The summed E-state index contributed by atoms with van der Waals surface area (Å²) in [6.45, 7) is 9.78. The molecule has 2 aliphatic rings. The van der Waals surface area contributed by atoms with Crippen LogP contribution in [0, 0.1) is 11.3 Å². The Kier molecular flexibility index (Phi) is 7.43. The molecule has 0 saturated carbocycles. The van der Waals surface area contributed by atoms with E-state index in [0.717, 1.165) is 45.6 Å². The Morgan fingerprint density at radius 3 is 2.61 bits per heavy atom. The number of piperidine rings is 2. The van der Waals surface area contributed by atoms with Crippen LogP contribution in [0.4, 0.5) is 0 Å². The lowest BCUT2D eigenvalue weighted by molar-refractivity contribution is -0.127. The first-order valence-corrected chi connectivity index (χ1v) is 10.7. The molecule has 156 valence electrons. The van der Waals surface area contributed by atoms with Gasteiger partial charge in [0.05, 0.1) is 5.92 Å². The lowest BCUT2D eigenvalue weighted by Gasteiger charge is -2.42. The van der Waals surface area contributed by atoms with Gasteiger partial charge in [-0.05, 0) is 63.0 Å². The van der Waals surface area contributed by atoms with Gasteiger partial charge >= 0.3 is 0 Å². The first-order valence-electron chi connectivity index (χ1n) is 10.7. The molecule has 0 spiro atoms. The fourth-order valence-electron chi connectivity index (χ4n) is 4.27. The van der Waals surface area contributed by atoms with Gasteiger partial charge in [0.15, 0.2) is 0 Å². The monoisotopic (exact) mass is 388 g/mol. The second kappa shape index (κ2) is 9.81. The van der Waals surface area contributed by atoms with Crippen molar-refractivity contribution in [1.29, 1.82) is 0 Å². The highest BCUT2D eigenvalue weighted by Crippen LogP contribution is 2.25. The zero-order valence-corrected chi connectivity index (χ0v) is 17.4. The first kappa shape index (κ1) is 21.2. The van der Waals surface area contributed by atoms with Gasteiger partial charge in [0.25, 0.3) is 0 Å². The van der Waals surface area contributed by atoms with Crippen LogP contribution >= 0.6 is 0 Å². The molecule has 0 radical (unpaired) electrons. The minimum absolute atomic E-state index is 0.0816. The van der Waals surface area contributed by atoms with Crippen LogP contribution in [0.3, 0.4) is 0 Å². The predicted octanol–water partition coefficient (Wildman–Crippen LogP) is 1.89. The predicted molar refractivity (Wildman–Crippen MR) is 111 cm³/mol. The molecule has 1 aromatic rings. The number of nitrogens with one attached hydrogen (secondary N) is 1. The smallest absolute Gasteiger partial charge is 0.224 e. The fourth-order valence-corrected chi connectivity index (χ4v) is 4.27. The van der Waals surface area contributed by atoms with Crippen molar-refractivity contribution in [1.82, 2.24) is 20.1 Å². The SMILES string of the molecule is CC(C)(CO)CNC(=O)[C@@H]1CCCN(C2CCN(Cc3ccncc3)CC2)C1. The number of hydrogen-bond donors (Lipinski definition) is 2. The van der Waals surface area contributed by atoms with Crippen LogP contribution in [0.1, 0.15) is 45.1 Å². The molecule has 0 aromatic carbocycles. The van der Waals surface area contributed by atoms with E-state index in [4.69, 9.17) is 0 Å². The number of aromatic nitrogens is 1. The Balaban J connectivity index is 1.44. The van der Waals surface area contributed by atoms with Gasteiger partial charge in [0.2, 0.25) is 5.91 Å². The van der Waals surface area contributed by atoms with Gasteiger partial charge in [0.1, 0.15) is 0 Å². The number of pyridine rings is 1. The van der Waals surface area contributed by atoms with E-state index in [0.29, 0.717) is 12.6 Å².